The van der Waals surface area contributed by atoms with Gasteiger partial charge in [0.25, 0.3) is 5.91 Å². The van der Waals surface area contributed by atoms with Crippen molar-refractivity contribution >= 4 is 16.9 Å². The van der Waals surface area contributed by atoms with Crippen molar-refractivity contribution in [2.24, 2.45) is 0 Å². The van der Waals surface area contributed by atoms with Crippen LogP contribution in [0, 0.1) is 0 Å². The highest BCUT2D eigenvalue weighted by Crippen LogP contribution is 2.27. The molecule has 0 bridgehead atoms. The van der Waals surface area contributed by atoms with E-state index < -0.39 is 0 Å². The number of hydrogen-bond acceptors (Lipinski definition) is 4. The minimum Gasteiger partial charge on any atom is -0.342 e. The largest absolute Gasteiger partial charge is 0.342 e. The van der Waals surface area contributed by atoms with Crippen LogP contribution in [-0.2, 0) is 0 Å². The summed E-state index contributed by atoms with van der Waals surface area (Å²) in [4.78, 5) is 30.6. The average molecular weight is 307 g/mol. The fourth-order valence-corrected chi connectivity index (χ4v) is 3.12. The maximum absolute atomic E-state index is 12.5. The molecule has 2 aromatic heterocycles. The molecule has 0 saturated carbocycles. The number of piperidine rings is 1. The van der Waals surface area contributed by atoms with Gasteiger partial charge in [0.15, 0.2) is 0 Å². The smallest absolute Gasteiger partial charge is 0.274 e. The van der Waals surface area contributed by atoms with Crippen LogP contribution in [0.3, 0.4) is 0 Å². The van der Waals surface area contributed by atoms with E-state index in [4.69, 9.17) is 0 Å². The highest BCUT2D eigenvalue weighted by molar-refractivity contribution is 5.92. The van der Waals surface area contributed by atoms with Crippen LogP contribution in [0.25, 0.3) is 11.0 Å². The molecular weight excluding hydrogens is 290 g/mol. The number of aromatic nitrogens is 4. The monoisotopic (exact) mass is 307 g/mol. The van der Waals surface area contributed by atoms with Gasteiger partial charge in [0.05, 0.1) is 17.2 Å². The molecule has 6 nitrogen and oxygen atoms in total. The highest BCUT2D eigenvalue weighted by atomic mass is 16.2. The zero-order valence-corrected chi connectivity index (χ0v) is 12.6. The number of carbonyl (C=O) groups is 1. The fraction of sp³-hybridized carbons (Fsp3) is 0.294. The van der Waals surface area contributed by atoms with E-state index in [1.165, 1.54) is 6.20 Å². The van der Waals surface area contributed by atoms with E-state index in [0.717, 1.165) is 36.2 Å². The number of nitrogens with zero attached hydrogens (tertiary/aromatic N) is 4. The van der Waals surface area contributed by atoms with Crippen molar-refractivity contribution in [1.82, 2.24) is 24.8 Å². The molecule has 1 atom stereocenters. The molecule has 0 radical (unpaired) electrons. The summed E-state index contributed by atoms with van der Waals surface area (Å²) in [7, 11) is 0. The van der Waals surface area contributed by atoms with E-state index in [0.29, 0.717) is 12.2 Å². The molecular formula is C17H17N5O. The molecule has 1 aromatic carbocycles. The van der Waals surface area contributed by atoms with Crippen LogP contribution in [0.15, 0.2) is 42.9 Å². The quantitative estimate of drug-likeness (QED) is 0.788. The second-order valence-electron chi connectivity index (χ2n) is 5.82. The van der Waals surface area contributed by atoms with Crippen LogP contribution < -0.4 is 0 Å². The molecule has 1 fully saturated rings. The first-order chi connectivity index (χ1) is 11.3. The Morgan fingerprint density at radius 2 is 2.17 bits per heavy atom. The Morgan fingerprint density at radius 3 is 3.00 bits per heavy atom. The summed E-state index contributed by atoms with van der Waals surface area (Å²) in [6.07, 6.45) is 6.64. The minimum absolute atomic E-state index is 0.0566. The molecule has 0 spiro atoms. The topological polar surface area (TPSA) is 74.8 Å². The number of hydrogen-bond donors (Lipinski definition) is 1. The predicted octanol–water partition coefficient (Wildman–Crippen LogP) is 2.37. The van der Waals surface area contributed by atoms with Crippen molar-refractivity contribution in [3.8, 4) is 0 Å². The van der Waals surface area contributed by atoms with Gasteiger partial charge in [-0.15, -0.1) is 0 Å². The van der Waals surface area contributed by atoms with Crippen LogP contribution in [0.1, 0.15) is 35.1 Å². The number of amides is 1. The van der Waals surface area contributed by atoms with Gasteiger partial charge >= 0.3 is 0 Å². The Hall–Kier alpha value is -2.76. The van der Waals surface area contributed by atoms with Crippen LogP contribution in [0.5, 0.6) is 0 Å². The minimum atomic E-state index is -0.0566. The van der Waals surface area contributed by atoms with E-state index in [-0.39, 0.29) is 11.8 Å². The van der Waals surface area contributed by atoms with E-state index in [1.54, 1.807) is 12.4 Å². The molecule has 1 aliphatic heterocycles. The third-order valence-electron chi connectivity index (χ3n) is 4.29. The van der Waals surface area contributed by atoms with E-state index in [9.17, 15) is 4.79 Å². The standard InChI is InChI=1S/C17H17N5O/c23-17(15-10-18-7-8-19-15)22-9-3-4-12(11-22)16-20-13-5-1-2-6-14(13)21-16/h1-2,5-8,10,12H,3-4,9,11H2,(H,20,21)/t12-/m1/s1. The first-order valence-corrected chi connectivity index (χ1v) is 7.81. The number of para-hydroxylation sites is 2. The number of likely N-dealkylation sites (tertiary alicyclic amines) is 1. The van der Waals surface area contributed by atoms with Crippen LogP contribution in [-0.4, -0.2) is 43.8 Å². The van der Waals surface area contributed by atoms with E-state index in [2.05, 4.69) is 19.9 Å². The third-order valence-corrected chi connectivity index (χ3v) is 4.29. The number of carbonyl (C=O) groups excluding carboxylic acids is 1. The van der Waals surface area contributed by atoms with Gasteiger partial charge in [0.2, 0.25) is 0 Å². The van der Waals surface area contributed by atoms with Gasteiger partial charge in [0, 0.05) is 31.4 Å². The van der Waals surface area contributed by atoms with Crippen LogP contribution in [0.4, 0.5) is 0 Å². The Bertz CT molecular complexity index is 796. The van der Waals surface area contributed by atoms with Crippen molar-refractivity contribution in [3.05, 3.63) is 54.4 Å². The lowest BCUT2D eigenvalue weighted by Gasteiger charge is -2.31. The Kier molecular flexibility index (Phi) is 3.49. The lowest BCUT2D eigenvalue weighted by molar-refractivity contribution is 0.0698. The SMILES string of the molecule is O=C(c1cnccn1)N1CCC[C@@H](c2nc3ccccc3[nH]2)C1. The highest BCUT2D eigenvalue weighted by Gasteiger charge is 2.27. The average Bonchev–Trinajstić information content (AvgIpc) is 3.06. The second-order valence-corrected chi connectivity index (χ2v) is 5.82. The van der Waals surface area contributed by atoms with Crippen LogP contribution >= 0.6 is 0 Å². The van der Waals surface area contributed by atoms with Gasteiger partial charge in [-0.2, -0.15) is 0 Å². The Morgan fingerprint density at radius 1 is 1.26 bits per heavy atom. The molecule has 6 heteroatoms. The number of imidazole rings is 1. The van der Waals surface area contributed by atoms with Gasteiger partial charge < -0.3 is 9.88 Å². The number of nitrogens with one attached hydrogen (secondary N) is 1. The molecule has 0 aliphatic carbocycles. The molecule has 4 rings (SSSR count). The lowest BCUT2D eigenvalue weighted by atomic mass is 9.97. The van der Waals surface area contributed by atoms with Gasteiger partial charge in [-0.05, 0) is 25.0 Å². The van der Waals surface area contributed by atoms with Gasteiger partial charge in [-0.25, -0.2) is 9.97 Å². The summed E-state index contributed by atoms with van der Waals surface area (Å²) in [5.74, 6) is 1.14. The summed E-state index contributed by atoms with van der Waals surface area (Å²) in [5, 5.41) is 0. The molecule has 23 heavy (non-hydrogen) atoms. The molecule has 3 aromatic rings. The maximum atomic E-state index is 12.5. The van der Waals surface area contributed by atoms with Crippen molar-refractivity contribution in [2.45, 2.75) is 18.8 Å². The maximum Gasteiger partial charge on any atom is 0.274 e. The predicted molar refractivity (Wildman–Crippen MR) is 86.0 cm³/mol. The third kappa shape index (κ3) is 2.67. The van der Waals surface area contributed by atoms with Crippen molar-refractivity contribution in [3.63, 3.8) is 0 Å². The van der Waals surface area contributed by atoms with Crippen molar-refractivity contribution in [2.75, 3.05) is 13.1 Å². The second kappa shape index (κ2) is 5.79. The summed E-state index contributed by atoms with van der Waals surface area (Å²) >= 11 is 0. The summed E-state index contributed by atoms with van der Waals surface area (Å²) in [5.41, 5.74) is 2.41. The first kappa shape index (κ1) is 13.9. The van der Waals surface area contributed by atoms with Crippen molar-refractivity contribution in [1.29, 1.82) is 0 Å². The first-order valence-electron chi connectivity index (χ1n) is 7.81. The Labute approximate surface area is 133 Å². The molecule has 116 valence electrons. The number of rotatable bonds is 2. The number of benzene rings is 1. The molecule has 0 unspecified atom stereocenters. The fourth-order valence-electron chi connectivity index (χ4n) is 3.12. The molecule has 1 N–H and O–H groups in total. The molecule has 1 saturated heterocycles. The molecule has 1 amide bonds. The molecule has 1 aliphatic rings. The van der Waals surface area contributed by atoms with Gasteiger partial charge in [-0.1, -0.05) is 12.1 Å². The summed E-state index contributed by atoms with van der Waals surface area (Å²) in [6.45, 7) is 1.42. The summed E-state index contributed by atoms with van der Waals surface area (Å²) in [6, 6.07) is 8.00. The van der Waals surface area contributed by atoms with E-state index >= 15 is 0 Å². The number of fused-ring (bicyclic) bond motifs is 1. The van der Waals surface area contributed by atoms with Crippen molar-refractivity contribution < 1.29 is 4.79 Å². The van der Waals surface area contributed by atoms with E-state index in [1.807, 2.05) is 29.2 Å². The zero-order chi connectivity index (χ0) is 15.6. The molecule has 3 heterocycles. The van der Waals surface area contributed by atoms with Gasteiger partial charge in [-0.3, -0.25) is 9.78 Å². The number of H-pyrrole nitrogens is 1. The summed E-state index contributed by atoms with van der Waals surface area (Å²) < 4.78 is 0. The Balaban J connectivity index is 1.56. The normalized spacial score (nSPS) is 18.3. The zero-order valence-electron chi connectivity index (χ0n) is 12.6. The van der Waals surface area contributed by atoms with Gasteiger partial charge in [0.1, 0.15) is 11.5 Å². The number of aromatic amines is 1. The lowest BCUT2D eigenvalue weighted by Crippen LogP contribution is -2.39. The van der Waals surface area contributed by atoms with Crippen LogP contribution in [0.2, 0.25) is 0 Å².